The van der Waals surface area contributed by atoms with E-state index in [1.54, 1.807) is 36.9 Å². The highest BCUT2D eigenvalue weighted by Gasteiger charge is 2.27. The Morgan fingerprint density at radius 3 is 2.69 bits per heavy atom. The van der Waals surface area contributed by atoms with Gasteiger partial charge in [-0.25, -0.2) is 13.4 Å². The molecule has 0 spiro atoms. The van der Waals surface area contributed by atoms with E-state index in [1.165, 1.54) is 4.31 Å². The lowest BCUT2D eigenvalue weighted by Crippen LogP contribution is -2.37. The van der Waals surface area contributed by atoms with Gasteiger partial charge in [-0.3, -0.25) is 4.98 Å². The van der Waals surface area contributed by atoms with Crippen LogP contribution in [-0.2, 0) is 16.6 Å². The van der Waals surface area contributed by atoms with Gasteiger partial charge < -0.3 is 10.3 Å². The summed E-state index contributed by atoms with van der Waals surface area (Å²) in [5.41, 5.74) is 2.60. The SMILES string of the molecule is Cc1[nH]cnc1CN(CCNCC=Cc1ccc(Cl)cc1)S(=O)(=O)c1cccc2cnccc12.Cl. The van der Waals surface area contributed by atoms with E-state index in [0.717, 1.165) is 16.6 Å². The van der Waals surface area contributed by atoms with E-state index in [2.05, 4.69) is 20.3 Å². The topological polar surface area (TPSA) is 91.0 Å². The third-order valence-corrected chi connectivity index (χ3v) is 7.65. The van der Waals surface area contributed by atoms with Crippen LogP contribution in [0.2, 0.25) is 5.02 Å². The number of aryl methyl sites for hydroxylation is 1. The molecule has 2 aromatic carbocycles. The Balaban J connectivity index is 0.00000342. The predicted octanol–water partition coefficient (Wildman–Crippen LogP) is 4.84. The number of nitrogens with one attached hydrogen (secondary N) is 2. The first-order valence-electron chi connectivity index (χ1n) is 10.9. The molecule has 0 aliphatic rings. The van der Waals surface area contributed by atoms with Crippen molar-refractivity contribution >= 4 is 50.9 Å². The van der Waals surface area contributed by atoms with E-state index in [1.807, 2.05) is 49.4 Å². The van der Waals surface area contributed by atoms with Gasteiger partial charge in [0.25, 0.3) is 0 Å². The van der Waals surface area contributed by atoms with Crippen molar-refractivity contribution in [3.8, 4) is 0 Å². The molecule has 35 heavy (non-hydrogen) atoms. The molecule has 4 aromatic rings. The number of aromatic amines is 1. The molecule has 0 aliphatic carbocycles. The number of sulfonamides is 1. The molecule has 10 heteroatoms. The highest BCUT2D eigenvalue weighted by molar-refractivity contribution is 7.89. The molecule has 0 aliphatic heterocycles. The standard InChI is InChI=1S/C25H26ClN5O2S.ClH/c1-19-24(30-18-29-19)17-31(15-14-27-12-3-4-20-7-9-22(26)10-8-20)34(32,33)25-6-2-5-21-16-28-13-11-23(21)25;/h2-11,13,16,18,27H,12,14-15,17H2,1H3,(H,29,30);1H. The van der Waals surface area contributed by atoms with Crippen molar-refractivity contribution in [3.63, 3.8) is 0 Å². The Kier molecular flexibility index (Phi) is 9.42. The molecular weight excluding hydrogens is 505 g/mol. The maximum atomic E-state index is 13.7. The summed E-state index contributed by atoms with van der Waals surface area (Å²) >= 11 is 5.92. The molecule has 0 unspecified atom stereocenters. The molecule has 0 saturated carbocycles. The lowest BCUT2D eigenvalue weighted by molar-refractivity contribution is 0.399. The molecule has 0 fully saturated rings. The molecule has 0 atom stereocenters. The van der Waals surface area contributed by atoms with Gasteiger partial charge in [-0.1, -0.05) is 48.0 Å². The number of nitrogens with zero attached hydrogens (tertiary/aromatic N) is 3. The number of hydrogen-bond acceptors (Lipinski definition) is 5. The average Bonchev–Trinajstić information content (AvgIpc) is 3.25. The Morgan fingerprint density at radius 1 is 1.14 bits per heavy atom. The van der Waals surface area contributed by atoms with Crippen LogP contribution in [0.15, 0.2) is 78.2 Å². The number of benzene rings is 2. The van der Waals surface area contributed by atoms with E-state index in [4.69, 9.17) is 11.6 Å². The fraction of sp³-hybridized carbons (Fsp3) is 0.200. The number of pyridine rings is 1. The van der Waals surface area contributed by atoms with Gasteiger partial charge in [0.2, 0.25) is 10.0 Å². The average molecular weight is 532 g/mol. The Morgan fingerprint density at radius 2 is 1.94 bits per heavy atom. The van der Waals surface area contributed by atoms with Gasteiger partial charge in [0.1, 0.15) is 0 Å². The predicted molar refractivity (Wildman–Crippen MR) is 143 cm³/mol. The Labute approximate surface area is 216 Å². The van der Waals surface area contributed by atoms with Gasteiger partial charge >= 0.3 is 0 Å². The number of fused-ring (bicyclic) bond motifs is 1. The quantitative estimate of drug-likeness (QED) is 0.286. The minimum Gasteiger partial charge on any atom is -0.348 e. The minimum atomic E-state index is -3.78. The van der Waals surface area contributed by atoms with Gasteiger partial charge in [0, 0.05) is 53.5 Å². The van der Waals surface area contributed by atoms with Crippen LogP contribution in [0.3, 0.4) is 0 Å². The Bertz CT molecular complexity index is 1380. The smallest absolute Gasteiger partial charge is 0.244 e. The second-order valence-corrected chi connectivity index (χ2v) is 10.2. The molecule has 0 saturated heterocycles. The van der Waals surface area contributed by atoms with Crippen LogP contribution in [0.25, 0.3) is 16.8 Å². The highest BCUT2D eigenvalue weighted by atomic mass is 35.5. The largest absolute Gasteiger partial charge is 0.348 e. The zero-order valence-corrected chi connectivity index (χ0v) is 21.6. The fourth-order valence-electron chi connectivity index (χ4n) is 3.61. The third-order valence-electron chi connectivity index (χ3n) is 5.50. The van der Waals surface area contributed by atoms with Crippen LogP contribution in [-0.4, -0.2) is 47.3 Å². The van der Waals surface area contributed by atoms with E-state index < -0.39 is 10.0 Å². The van der Waals surface area contributed by atoms with Crippen molar-refractivity contribution in [1.82, 2.24) is 24.6 Å². The van der Waals surface area contributed by atoms with Gasteiger partial charge in [0.15, 0.2) is 0 Å². The number of H-pyrrole nitrogens is 1. The first-order chi connectivity index (χ1) is 16.4. The molecule has 4 rings (SSSR count). The molecule has 2 aromatic heterocycles. The van der Waals surface area contributed by atoms with Crippen molar-refractivity contribution in [2.45, 2.75) is 18.4 Å². The van der Waals surface area contributed by atoms with Crippen LogP contribution in [0.1, 0.15) is 17.0 Å². The van der Waals surface area contributed by atoms with Crippen LogP contribution in [0, 0.1) is 6.92 Å². The fourth-order valence-corrected chi connectivity index (χ4v) is 5.36. The summed E-state index contributed by atoms with van der Waals surface area (Å²) in [5, 5.41) is 5.43. The first kappa shape index (κ1) is 26.8. The molecule has 184 valence electrons. The zero-order valence-electron chi connectivity index (χ0n) is 19.2. The molecule has 2 heterocycles. The van der Waals surface area contributed by atoms with Crippen LogP contribution in [0.4, 0.5) is 0 Å². The highest BCUT2D eigenvalue weighted by Crippen LogP contribution is 2.26. The molecule has 0 amide bonds. The van der Waals surface area contributed by atoms with Crippen molar-refractivity contribution < 1.29 is 8.42 Å². The van der Waals surface area contributed by atoms with Gasteiger partial charge in [-0.2, -0.15) is 4.31 Å². The number of imidazole rings is 1. The van der Waals surface area contributed by atoms with Crippen LogP contribution < -0.4 is 5.32 Å². The monoisotopic (exact) mass is 531 g/mol. The molecular formula is C25H27Cl2N5O2S. The van der Waals surface area contributed by atoms with Gasteiger partial charge in [0.05, 0.1) is 23.5 Å². The summed E-state index contributed by atoms with van der Waals surface area (Å²) in [6.07, 6.45) is 8.86. The zero-order chi connectivity index (χ0) is 24.0. The summed E-state index contributed by atoms with van der Waals surface area (Å²) in [7, 11) is -3.78. The van der Waals surface area contributed by atoms with Crippen molar-refractivity contribution in [2.24, 2.45) is 0 Å². The molecule has 7 nitrogen and oxygen atoms in total. The number of hydrogen-bond donors (Lipinski definition) is 2. The van der Waals surface area contributed by atoms with Crippen molar-refractivity contribution in [3.05, 3.63) is 95.3 Å². The molecule has 0 radical (unpaired) electrons. The first-order valence-corrected chi connectivity index (χ1v) is 12.7. The van der Waals surface area contributed by atoms with E-state index in [-0.39, 0.29) is 23.8 Å². The Hall–Kier alpha value is -2.75. The van der Waals surface area contributed by atoms with Gasteiger partial charge in [-0.15, -0.1) is 12.4 Å². The number of rotatable bonds is 10. The minimum absolute atomic E-state index is 0. The lowest BCUT2D eigenvalue weighted by atomic mass is 10.2. The van der Waals surface area contributed by atoms with Crippen LogP contribution in [0.5, 0.6) is 0 Å². The summed E-state index contributed by atoms with van der Waals surface area (Å²) in [6.45, 7) is 3.46. The number of halogens is 2. The van der Waals surface area contributed by atoms with E-state index in [9.17, 15) is 8.42 Å². The lowest BCUT2D eigenvalue weighted by Gasteiger charge is -2.23. The maximum Gasteiger partial charge on any atom is 0.244 e. The van der Waals surface area contributed by atoms with Crippen molar-refractivity contribution in [1.29, 1.82) is 0 Å². The third kappa shape index (κ3) is 6.68. The molecule has 0 bridgehead atoms. The number of aromatic nitrogens is 3. The van der Waals surface area contributed by atoms with E-state index >= 15 is 0 Å². The van der Waals surface area contributed by atoms with Gasteiger partial charge in [-0.05, 0) is 36.8 Å². The summed E-state index contributed by atoms with van der Waals surface area (Å²) < 4.78 is 28.9. The van der Waals surface area contributed by atoms with Crippen molar-refractivity contribution in [2.75, 3.05) is 19.6 Å². The maximum absolute atomic E-state index is 13.7. The molecule has 2 N–H and O–H groups in total. The second-order valence-electron chi connectivity index (χ2n) is 7.82. The summed E-state index contributed by atoms with van der Waals surface area (Å²) in [6, 6.07) is 14.6. The second kappa shape index (κ2) is 12.3. The van der Waals surface area contributed by atoms with E-state index in [0.29, 0.717) is 35.7 Å². The van der Waals surface area contributed by atoms with Crippen LogP contribution >= 0.6 is 24.0 Å². The summed E-state index contributed by atoms with van der Waals surface area (Å²) in [5.74, 6) is 0. The normalized spacial score (nSPS) is 11.9. The summed E-state index contributed by atoms with van der Waals surface area (Å²) in [4.78, 5) is 11.7.